The van der Waals surface area contributed by atoms with E-state index >= 15 is 0 Å². The first-order valence-electron chi connectivity index (χ1n) is 12.7. The van der Waals surface area contributed by atoms with E-state index in [-0.39, 0.29) is 5.41 Å². The van der Waals surface area contributed by atoms with Crippen LogP contribution in [0.3, 0.4) is 0 Å². The van der Waals surface area contributed by atoms with Gasteiger partial charge in [0.2, 0.25) is 6.29 Å². The van der Waals surface area contributed by atoms with Gasteiger partial charge in [0, 0.05) is 36.3 Å². The topological polar surface area (TPSA) is 63.3 Å². The maximum Gasteiger partial charge on any atom is 0.217 e. The molecular weight excluding hydrogens is 448 g/mol. The molecule has 1 aliphatic rings. The van der Waals surface area contributed by atoms with Crippen molar-refractivity contribution in [3.8, 4) is 22.5 Å². The van der Waals surface area contributed by atoms with Crippen molar-refractivity contribution in [2.24, 2.45) is 5.41 Å². The normalized spacial score (nSPS) is 19.8. The molecule has 5 rings (SSSR count). The molecule has 2 aromatic carbocycles. The van der Waals surface area contributed by atoms with Gasteiger partial charge in [-0.15, -0.1) is 0 Å². The molecule has 1 saturated heterocycles. The zero-order chi connectivity index (χ0) is 24.8. The monoisotopic (exact) mass is 482 g/mol. The van der Waals surface area contributed by atoms with Crippen LogP contribution in [0.4, 0.5) is 5.82 Å². The Bertz CT molecular complexity index is 1160. The summed E-state index contributed by atoms with van der Waals surface area (Å²) in [6, 6.07) is 26.5. The minimum Gasteiger partial charge on any atom is -0.360 e. The molecule has 0 amide bonds. The van der Waals surface area contributed by atoms with Crippen LogP contribution in [0.25, 0.3) is 22.5 Å². The van der Waals surface area contributed by atoms with Crippen LogP contribution in [0.1, 0.15) is 38.3 Å². The van der Waals surface area contributed by atoms with E-state index in [9.17, 15) is 0 Å². The van der Waals surface area contributed by atoms with E-state index < -0.39 is 6.29 Å². The SMILES string of the molecule is CN(CCCCC1(C)COC(c2nc(-c3ccccc3)c(-c3ccccc3)[nH]2)OC1)c1ccccn1. The summed E-state index contributed by atoms with van der Waals surface area (Å²) in [5.74, 6) is 1.73. The Labute approximate surface area is 213 Å². The quantitative estimate of drug-likeness (QED) is 0.276. The Morgan fingerprint density at radius 2 is 1.56 bits per heavy atom. The molecule has 1 fully saturated rings. The number of nitrogens with one attached hydrogen (secondary N) is 1. The Kier molecular flexibility index (Phi) is 7.44. The van der Waals surface area contributed by atoms with Crippen molar-refractivity contribution in [2.45, 2.75) is 32.5 Å². The third-order valence-corrected chi connectivity index (χ3v) is 6.79. The fourth-order valence-electron chi connectivity index (χ4n) is 4.66. The van der Waals surface area contributed by atoms with Gasteiger partial charge in [0.05, 0.1) is 24.6 Å². The number of ether oxygens (including phenoxy) is 2. The Morgan fingerprint density at radius 3 is 2.22 bits per heavy atom. The van der Waals surface area contributed by atoms with E-state index in [0.717, 1.165) is 54.1 Å². The van der Waals surface area contributed by atoms with Crippen LogP contribution in [0, 0.1) is 5.41 Å². The lowest BCUT2D eigenvalue weighted by Gasteiger charge is -2.37. The fraction of sp³-hybridized carbons (Fsp3) is 0.333. The first-order valence-corrected chi connectivity index (χ1v) is 12.7. The number of imidazole rings is 1. The Hall–Kier alpha value is -3.48. The highest BCUT2D eigenvalue weighted by Gasteiger charge is 2.34. The molecule has 0 atom stereocenters. The van der Waals surface area contributed by atoms with Gasteiger partial charge in [0.15, 0.2) is 5.82 Å². The first-order chi connectivity index (χ1) is 17.6. The van der Waals surface area contributed by atoms with E-state index in [1.54, 1.807) is 0 Å². The van der Waals surface area contributed by atoms with Gasteiger partial charge >= 0.3 is 0 Å². The zero-order valence-corrected chi connectivity index (χ0v) is 21.1. The second-order valence-corrected chi connectivity index (χ2v) is 9.91. The van der Waals surface area contributed by atoms with Crippen LogP contribution < -0.4 is 4.90 Å². The highest BCUT2D eigenvalue weighted by atomic mass is 16.7. The number of aromatic amines is 1. The molecule has 0 bridgehead atoms. The molecule has 186 valence electrons. The maximum atomic E-state index is 6.23. The van der Waals surface area contributed by atoms with Crippen molar-refractivity contribution >= 4 is 5.82 Å². The number of benzene rings is 2. The van der Waals surface area contributed by atoms with E-state index in [1.165, 1.54) is 0 Å². The van der Waals surface area contributed by atoms with E-state index in [0.29, 0.717) is 19.0 Å². The third-order valence-electron chi connectivity index (χ3n) is 6.79. The molecule has 0 saturated carbocycles. The van der Waals surface area contributed by atoms with Crippen molar-refractivity contribution in [2.75, 3.05) is 31.7 Å². The molecule has 1 N–H and O–H groups in total. The van der Waals surface area contributed by atoms with Gasteiger partial charge in [-0.25, -0.2) is 9.97 Å². The molecule has 2 aromatic heterocycles. The largest absolute Gasteiger partial charge is 0.360 e. The fourth-order valence-corrected chi connectivity index (χ4v) is 4.66. The first kappa shape index (κ1) is 24.2. The van der Waals surface area contributed by atoms with E-state index in [2.05, 4.69) is 53.1 Å². The van der Waals surface area contributed by atoms with Gasteiger partial charge in [-0.2, -0.15) is 0 Å². The Balaban J connectivity index is 1.20. The van der Waals surface area contributed by atoms with Crippen LogP contribution in [0.15, 0.2) is 85.1 Å². The molecule has 3 heterocycles. The van der Waals surface area contributed by atoms with Gasteiger partial charge in [-0.1, -0.05) is 80.1 Å². The lowest BCUT2D eigenvalue weighted by atomic mass is 9.86. The predicted octanol–water partition coefficient (Wildman–Crippen LogP) is 6.50. The molecule has 0 spiro atoms. The average molecular weight is 483 g/mol. The molecule has 1 aliphatic heterocycles. The van der Waals surface area contributed by atoms with Gasteiger partial charge in [0.1, 0.15) is 5.82 Å². The number of anilines is 1. The molecule has 6 heteroatoms. The molecule has 0 aliphatic carbocycles. The van der Waals surface area contributed by atoms with E-state index in [4.69, 9.17) is 14.5 Å². The second-order valence-electron chi connectivity index (χ2n) is 9.91. The smallest absolute Gasteiger partial charge is 0.217 e. The number of unbranched alkanes of at least 4 members (excludes halogenated alkanes) is 1. The minimum absolute atomic E-state index is 0.00280. The number of hydrogen-bond donors (Lipinski definition) is 1. The highest BCUT2D eigenvalue weighted by molar-refractivity contribution is 5.78. The number of aromatic nitrogens is 3. The lowest BCUT2D eigenvalue weighted by molar-refractivity contribution is -0.235. The van der Waals surface area contributed by atoms with Crippen LogP contribution in [0.2, 0.25) is 0 Å². The molecule has 0 unspecified atom stereocenters. The molecule has 0 radical (unpaired) electrons. The van der Waals surface area contributed by atoms with Crippen LogP contribution >= 0.6 is 0 Å². The number of pyridine rings is 1. The molecular formula is C30H34N4O2. The number of nitrogens with zero attached hydrogens (tertiary/aromatic N) is 3. The van der Waals surface area contributed by atoms with Crippen molar-refractivity contribution < 1.29 is 9.47 Å². The average Bonchev–Trinajstić information content (AvgIpc) is 3.38. The summed E-state index contributed by atoms with van der Waals surface area (Å²) >= 11 is 0. The minimum atomic E-state index is -0.492. The van der Waals surface area contributed by atoms with Gasteiger partial charge in [-0.05, 0) is 25.0 Å². The van der Waals surface area contributed by atoms with Crippen molar-refractivity contribution in [1.29, 1.82) is 0 Å². The van der Waals surface area contributed by atoms with Crippen LogP contribution in [-0.4, -0.2) is 41.8 Å². The van der Waals surface area contributed by atoms with Crippen molar-refractivity contribution in [3.63, 3.8) is 0 Å². The molecule has 36 heavy (non-hydrogen) atoms. The molecule has 4 aromatic rings. The van der Waals surface area contributed by atoms with Crippen LogP contribution in [0.5, 0.6) is 0 Å². The number of H-pyrrole nitrogens is 1. The predicted molar refractivity (Wildman–Crippen MR) is 144 cm³/mol. The summed E-state index contributed by atoms with van der Waals surface area (Å²) in [5, 5.41) is 0. The third kappa shape index (κ3) is 5.66. The zero-order valence-electron chi connectivity index (χ0n) is 21.1. The van der Waals surface area contributed by atoms with Gasteiger partial charge in [-0.3, -0.25) is 0 Å². The standard InChI is InChI=1S/C30H34N4O2/c1-30(18-10-12-20-34(2)25-17-9-11-19-31-25)21-35-29(36-22-30)28-32-26(23-13-5-3-6-14-23)27(33-28)24-15-7-4-8-16-24/h3-9,11,13-17,19,29H,10,12,18,20-22H2,1-2H3,(H,32,33). The van der Waals surface area contributed by atoms with Crippen molar-refractivity contribution in [1.82, 2.24) is 15.0 Å². The summed E-state index contributed by atoms with van der Waals surface area (Å²) in [6.07, 6.45) is 4.62. The van der Waals surface area contributed by atoms with Crippen molar-refractivity contribution in [3.05, 3.63) is 90.9 Å². The molecule has 6 nitrogen and oxygen atoms in total. The summed E-state index contributed by atoms with van der Waals surface area (Å²) in [7, 11) is 2.10. The lowest BCUT2D eigenvalue weighted by Crippen LogP contribution is -2.36. The summed E-state index contributed by atoms with van der Waals surface area (Å²) < 4.78 is 12.5. The summed E-state index contributed by atoms with van der Waals surface area (Å²) in [6.45, 7) is 4.53. The van der Waals surface area contributed by atoms with Crippen LogP contribution in [-0.2, 0) is 9.47 Å². The summed E-state index contributed by atoms with van der Waals surface area (Å²) in [4.78, 5) is 15.1. The maximum absolute atomic E-state index is 6.23. The number of rotatable bonds is 9. The van der Waals surface area contributed by atoms with Gasteiger partial charge < -0.3 is 19.4 Å². The Morgan fingerprint density at radius 1 is 0.889 bits per heavy atom. The second kappa shape index (κ2) is 11.1. The number of hydrogen-bond acceptors (Lipinski definition) is 5. The van der Waals surface area contributed by atoms with Gasteiger partial charge in [0.25, 0.3) is 0 Å². The summed E-state index contributed by atoms with van der Waals surface area (Å²) in [5.41, 5.74) is 4.04. The van der Waals surface area contributed by atoms with E-state index in [1.807, 2.05) is 60.8 Å². The highest BCUT2D eigenvalue weighted by Crippen LogP contribution is 2.37.